The second-order valence-electron chi connectivity index (χ2n) is 8.64. The molecular weight excluding hydrogens is 324 g/mol. The first-order valence-electron chi connectivity index (χ1n) is 9.15. The van der Waals surface area contributed by atoms with Crippen LogP contribution < -0.4 is 0 Å². The van der Waals surface area contributed by atoms with Gasteiger partial charge in [-0.3, -0.25) is 4.79 Å². The average molecular weight is 359 g/mol. The van der Waals surface area contributed by atoms with Crippen molar-refractivity contribution in [1.82, 2.24) is 0 Å². The second kappa shape index (κ2) is 7.06. The van der Waals surface area contributed by atoms with Gasteiger partial charge in [-0.2, -0.15) is 0 Å². The highest BCUT2D eigenvalue weighted by Gasteiger charge is 2.56. The summed E-state index contributed by atoms with van der Waals surface area (Å²) in [6, 6.07) is 0. The first-order chi connectivity index (χ1) is 11.1. The van der Waals surface area contributed by atoms with Gasteiger partial charge in [0.2, 0.25) is 0 Å². The number of rotatable bonds is 6. The Hall–Kier alpha value is -0.433. The molecule has 1 aliphatic heterocycles. The zero-order chi connectivity index (χ0) is 18.1. The summed E-state index contributed by atoms with van der Waals surface area (Å²) in [5.41, 5.74) is -0.539. The molecule has 1 saturated carbocycles. The summed E-state index contributed by atoms with van der Waals surface area (Å²) in [7, 11) is -1.82. The van der Waals surface area contributed by atoms with E-state index in [0.29, 0.717) is 39.3 Å². The lowest BCUT2D eigenvalue weighted by Gasteiger charge is -2.37. The molecule has 140 valence electrons. The van der Waals surface area contributed by atoms with Crippen molar-refractivity contribution >= 4 is 14.3 Å². The minimum absolute atomic E-state index is 0.125. The molecule has 2 fully saturated rings. The van der Waals surface area contributed by atoms with Gasteiger partial charge in [0.1, 0.15) is 0 Å². The largest absolute Gasteiger partial charge is 0.466 e. The predicted octanol–water partition coefficient (Wildman–Crippen LogP) is 3.87. The molecular formula is C18H34O5Si. The fraction of sp³-hybridized carbons (Fsp3) is 0.944. The molecule has 0 radical (unpaired) electrons. The van der Waals surface area contributed by atoms with Crippen LogP contribution in [0.15, 0.2) is 0 Å². The van der Waals surface area contributed by atoms with Gasteiger partial charge < -0.3 is 18.6 Å². The van der Waals surface area contributed by atoms with Crippen LogP contribution in [0.2, 0.25) is 18.1 Å². The minimum atomic E-state index is -1.82. The predicted molar refractivity (Wildman–Crippen MR) is 95.3 cm³/mol. The van der Waals surface area contributed by atoms with Gasteiger partial charge in [-0.15, -0.1) is 0 Å². The van der Waals surface area contributed by atoms with Crippen molar-refractivity contribution in [3.05, 3.63) is 0 Å². The van der Waals surface area contributed by atoms with Crippen LogP contribution in [0.4, 0.5) is 0 Å². The van der Waals surface area contributed by atoms with Crippen molar-refractivity contribution in [2.45, 2.75) is 77.3 Å². The number of carbonyl (C=O) groups is 1. The van der Waals surface area contributed by atoms with Crippen LogP contribution in [0.3, 0.4) is 0 Å². The lowest BCUT2D eigenvalue weighted by Crippen LogP contribution is -2.42. The van der Waals surface area contributed by atoms with E-state index in [1.165, 1.54) is 0 Å². The molecule has 1 spiro atoms. The molecule has 0 aromatic rings. The van der Waals surface area contributed by atoms with Crippen LogP contribution >= 0.6 is 0 Å². The van der Waals surface area contributed by atoms with Gasteiger partial charge in [0.25, 0.3) is 0 Å². The second-order valence-corrected chi connectivity index (χ2v) is 13.5. The first-order valence-corrected chi connectivity index (χ1v) is 12.1. The number of esters is 1. The molecule has 0 amide bonds. The molecule has 0 bridgehead atoms. The number of hydrogen-bond donors (Lipinski definition) is 0. The molecule has 6 heteroatoms. The third-order valence-corrected chi connectivity index (χ3v) is 10.5. The first kappa shape index (κ1) is 19.9. The zero-order valence-electron chi connectivity index (χ0n) is 16.2. The van der Waals surface area contributed by atoms with E-state index >= 15 is 0 Å². The van der Waals surface area contributed by atoms with Gasteiger partial charge in [-0.1, -0.05) is 20.8 Å². The third kappa shape index (κ3) is 4.03. The fourth-order valence-corrected chi connectivity index (χ4v) is 4.40. The molecule has 1 unspecified atom stereocenters. The Labute approximate surface area is 147 Å². The van der Waals surface area contributed by atoms with Crippen LogP contribution in [0.1, 0.15) is 53.4 Å². The summed E-state index contributed by atoms with van der Waals surface area (Å²) in [5.74, 6) is -0.705. The van der Waals surface area contributed by atoms with Crippen molar-refractivity contribution in [2.75, 3.05) is 26.4 Å². The standard InChI is InChI=1S/C18H34O5Si/c1-7-20-15(19)17(8-9-18(14-17)21-12-13-22-18)10-11-23-24(5,6)16(2,3)4/h7-14H2,1-6H3. The lowest BCUT2D eigenvalue weighted by atomic mass is 9.82. The Morgan fingerprint density at radius 3 is 2.33 bits per heavy atom. The van der Waals surface area contributed by atoms with Crippen molar-refractivity contribution in [3.63, 3.8) is 0 Å². The zero-order valence-corrected chi connectivity index (χ0v) is 17.2. The molecule has 2 aliphatic rings. The SMILES string of the molecule is CCOC(=O)C1(CCO[Si](C)(C)C(C)(C)C)CCC2(C1)OCCO2. The van der Waals surface area contributed by atoms with E-state index in [1.54, 1.807) is 0 Å². The summed E-state index contributed by atoms with van der Waals surface area (Å²) < 4.78 is 23.3. The Bertz CT molecular complexity index is 451. The average Bonchev–Trinajstić information content (AvgIpc) is 3.07. The number of ether oxygens (including phenoxy) is 3. The lowest BCUT2D eigenvalue weighted by molar-refractivity contribution is -0.172. The smallest absolute Gasteiger partial charge is 0.312 e. The van der Waals surface area contributed by atoms with Gasteiger partial charge >= 0.3 is 5.97 Å². The van der Waals surface area contributed by atoms with Gasteiger partial charge in [0, 0.05) is 19.4 Å². The van der Waals surface area contributed by atoms with E-state index in [0.717, 1.165) is 12.8 Å². The Morgan fingerprint density at radius 1 is 1.17 bits per heavy atom. The fourth-order valence-electron chi connectivity index (χ4n) is 3.36. The Kier molecular flexibility index (Phi) is 5.85. The summed E-state index contributed by atoms with van der Waals surface area (Å²) in [6.07, 6.45) is 2.76. The molecule has 24 heavy (non-hydrogen) atoms. The summed E-state index contributed by atoms with van der Waals surface area (Å²) in [6.45, 7) is 15.2. The van der Waals surface area contributed by atoms with E-state index in [4.69, 9.17) is 18.6 Å². The Morgan fingerprint density at radius 2 is 1.79 bits per heavy atom. The van der Waals surface area contributed by atoms with E-state index in [2.05, 4.69) is 33.9 Å². The Balaban J connectivity index is 2.04. The normalized spacial score (nSPS) is 26.9. The van der Waals surface area contributed by atoms with Gasteiger partial charge in [-0.05, 0) is 37.9 Å². The van der Waals surface area contributed by atoms with Crippen LogP contribution in [0, 0.1) is 5.41 Å². The highest BCUT2D eigenvalue weighted by Crippen LogP contribution is 2.51. The van der Waals surface area contributed by atoms with Crippen LogP contribution in [-0.4, -0.2) is 46.5 Å². The third-order valence-electron chi connectivity index (χ3n) is 5.96. The quantitative estimate of drug-likeness (QED) is 0.533. The van der Waals surface area contributed by atoms with Crippen molar-refractivity contribution in [3.8, 4) is 0 Å². The van der Waals surface area contributed by atoms with Crippen LogP contribution in [0.25, 0.3) is 0 Å². The summed E-state index contributed by atoms with van der Waals surface area (Å²) in [5, 5.41) is 0.165. The highest BCUT2D eigenvalue weighted by atomic mass is 28.4. The number of hydrogen-bond acceptors (Lipinski definition) is 5. The van der Waals surface area contributed by atoms with E-state index < -0.39 is 19.5 Å². The maximum Gasteiger partial charge on any atom is 0.312 e. The van der Waals surface area contributed by atoms with Gasteiger partial charge in [0.15, 0.2) is 14.1 Å². The van der Waals surface area contributed by atoms with Crippen molar-refractivity contribution in [1.29, 1.82) is 0 Å². The molecule has 1 atom stereocenters. The molecule has 1 aliphatic carbocycles. The highest BCUT2D eigenvalue weighted by molar-refractivity contribution is 6.74. The summed E-state index contributed by atoms with van der Waals surface area (Å²) >= 11 is 0. The molecule has 2 rings (SSSR count). The van der Waals surface area contributed by atoms with Crippen LogP contribution in [0.5, 0.6) is 0 Å². The maximum absolute atomic E-state index is 12.7. The topological polar surface area (TPSA) is 54.0 Å². The summed E-state index contributed by atoms with van der Waals surface area (Å²) in [4.78, 5) is 12.7. The molecule has 0 aromatic heterocycles. The number of carbonyl (C=O) groups excluding carboxylic acids is 1. The van der Waals surface area contributed by atoms with E-state index in [-0.39, 0.29) is 11.0 Å². The van der Waals surface area contributed by atoms with E-state index in [1.807, 2.05) is 6.92 Å². The molecule has 0 N–H and O–H groups in total. The molecule has 1 saturated heterocycles. The minimum Gasteiger partial charge on any atom is -0.466 e. The molecule has 5 nitrogen and oxygen atoms in total. The monoisotopic (exact) mass is 358 g/mol. The molecule has 0 aromatic carbocycles. The molecule has 1 heterocycles. The van der Waals surface area contributed by atoms with Crippen molar-refractivity contribution in [2.24, 2.45) is 5.41 Å². The van der Waals surface area contributed by atoms with Crippen molar-refractivity contribution < 1.29 is 23.4 Å². The van der Waals surface area contributed by atoms with Crippen LogP contribution in [-0.2, 0) is 23.4 Å². The van der Waals surface area contributed by atoms with Gasteiger partial charge in [0.05, 0.1) is 25.2 Å². The van der Waals surface area contributed by atoms with Gasteiger partial charge in [-0.25, -0.2) is 0 Å². The van der Waals surface area contributed by atoms with E-state index in [9.17, 15) is 4.79 Å². The maximum atomic E-state index is 12.7.